The van der Waals surface area contributed by atoms with Gasteiger partial charge in [0.2, 0.25) is 0 Å². The van der Waals surface area contributed by atoms with Crippen LogP contribution in [0.15, 0.2) is 185 Å². The van der Waals surface area contributed by atoms with E-state index < -0.39 is 0 Å². The van der Waals surface area contributed by atoms with Crippen LogP contribution in [0, 0.1) is 0 Å². The van der Waals surface area contributed by atoms with E-state index in [0.29, 0.717) is 0 Å². The number of rotatable bonds is 4. The summed E-state index contributed by atoms with van der Waals surface area (Å²) >= 11 is 0. The lowest BCUT2D eigenvalue weighted by Gasteiger charge is -2.26. The smallest absolute Gasteiger partial charge is 0.145 e. The maximum absolute atomic E-state index is 6.38. The molecule has 57 heavy (non-hydrogen) atoms. The molecular formula is C53H37N3O. The minimum absolute atomic E-state index is 0.0766. The SMILES string of the molecule is CC1(C)c2ccccc2-c2c1ccc1c3ccccc3n(-c3ccc(C4N=C(c5ccc(-c6cccc7c6oc6ccccc67)cc5)c5ccccc5N4)cc3)c21. The summed E-state index contributed by atoms with van der Waals surface area (Å²) in [6.45, 7) is 4.71. The molecule has 2 aliphatic rings. The van der Waals surface area contributed by atoms with Gasteiger partial charge in [0.15, 0.2) is 0 Å². The van der Waals surface area contributed by atoms with Gasteiger partial charge in [-0.1, -0.05) is 159 Å². The van der Waals surface area contributed by atoms with Crippen molar-refractivity contribution < 1.29 is 4.42 Å². The van der Waals surface area contributed by atoms with Gasteiger partial charge in [0, 0.05) is 60.6 Å². The summed E-state index contributed by atoms with van der Waals surface area (Å²) in [7, 11) is 0. The Kier molecular flexibility index (Phi) is 6.71. The largest absolute Gasteiger partial charge is 0.455 e. The van der Waals surface area contributed by atoms with Crippen molar-refractivity contribution in [3.05, 3.63) is 204 Å². The van der Waals surface area contributed by atoms with Crippen molar-refractivity contribution in [3.8, 4) is 27.9 Å². The molecule has 1 unspecified atom stereocenters. The Morgan fingerprint density at radius 1 is 0.544 bits per heavy atom. The zero-order valence-corrected chi connectivity index (χ0v) is 31.6. The summed E-state index contributed by atoms with van der Waals surface area (Å²) < 4.78 is 8.85. The van der Waals surface area contributed by atoms with Gasteiger partial charge in [-0.2, -0.15) is 0 Å². The van der Waals surface area contributed by atoms with Crippen molar-refractivity contribution in [3.63, 3.8) is 0 Å². The fraction of sp³-hybridized carbons (Fsp3) is 0.0755. The number of fused-ring (bicyclic) bond motifs is 11. The van der Waals surface area contributed by atoms with E-state index in [1.54, 1.807) is 0 Å². The maximum Gasteiger partial charge on any atom is 0.145 e. The van der Waals surface area contributed by atoms with Crippen LogP contribution in [-0.4, -0.2) is 10.3 Å². The molecule has 2 aromatic heterocycles. The summed E-state index contributed by atoms with van der Waals surface area (Å²) in [5.74, 6) is 0. The highest BCUT2D eigenvalue weighted by atomic mass is 16.3. The molecule has 10 aromatic rings. The highest BCUT2D eigenvalue weighted by molar-refractivity contribution is 6.18. The van der Waals surface area contributed by atoms with Gasteiger partial charge in [-0.3, -0.25) is 4.99 Å². The Hall–Kier alpha value is -7.17. The van der Waals surface area contributed by atoms with Crippen molar-refractivity contribution >= 4 is 55.1 Å². The minimum atomic E-state index is -0.247. The van der Waals surface area contributed by atoms with E-state index in [1.807, 2.05) is 12.1 Å². The molecule has 270 valence electrons. The van der Waals surface area contributed by atoms with E-state index in [9.17, 15) is 0 Å². The van der Waals surface area contributed by atoms with Crippen LogP contribution in [0.4, 0.5) is 5.69 Å². The van der Waals surface area contributed by atoms with Crippen molar-refractivity contribution in [1.29, 1.82) is 0 Å². The molecule has 0 amide bonds. The summed E-state index contributed by atoms with van der Waals surface area (Å²) in [4.78, 5) is 5.41. The lowest BCUT2D eigenvalue weighted by Crippen LogP contribution is -2.20. The molecule has 0 fully saturated rings. The van der Waals surface area contributed by atoms with Crippen molar-refractivity contribution in [1.82, 2.24) is 4.57 Å². The molecule has 4 nitrogen and oxygen atoms in total. The second-order valence-electron chi connectivity index (χ2n) is 15.9. The van der Waals surface area contributed by atoms with Crippen LogP contribution in [0.5, 0.6) is 0 Å². The molecule has 1 N–H and O–H groups in total. The van der Waals surface area contributed by atoms with E-state index in [4.69, 9.17) is 9.41 Å². The van der Waals surface area contributed by atoms with Gasteiger partial charge < -0.3 is 14.3 Å². The van der Waals surface area contributed by atoms with Gasteiger partial charge >= 0.3 is 0 Å². The first-order valence-electron chi connectivity index (χ1n) is 19.7. The molecule has 4 heteroatoms. The molecule has 0 saturated carbocycles. The number of hydrogen-bond acceptors (Lipinski definition) is 3. The zero-order chi connectivity index (χ0) is 37.8. The fourth-order valence-electron chi connectivity index (χ4n) is 9.68. The summed E-state index contributed by atoms with van der Waals surface area (Å²) in [5, 5.41) is 8.56. The van der Waals surface area contributed by atoms with Crippen LogP contribution in [0.3, 0.4) is 0 Å². The first-order chi connectivity index (χ1) is 28.0. The van der Waals surface area contributed by atoms with Crippen LogP contribution in [0.1, 0.15) is 47.8 Å². The van der Waals surface area contributed by atoms with E-state index >= 15 is 0 Å². The number of aromatic nitrogens is 1. The van der Waals surface area contributed by atoms with Crippen molar-refractivity contribution in [2.75, 3.05) is 5.32 Å². The second kappa shape index (κ2) is 11.9. The van der Waals surface area contributed by atoms with Gasteiger partial charge in [-0.15, -0.1) is 0 Å². The highest BCUT2D eigenvalue weighted by Crippen LogP contribution is 2.53. The quantitative estimate of drug-likeness (QED) is 0.196. The lowest BCUT2D eigenvalue weighted by molar-refractivity contribution is 0.661. The van der Waals surface area contributed by atoms with Crippen LogP contribution < -0.4 is 5.32 Å². The Morgan fingerprint density at radius 3 is 2.09 bits per heavy atom. The van der Waals surface area contributed by atoms with Gasteiger partial charge in [0.25, 0.3) is 0 Å². The molecular weight excluding hydrogens is 695 g/mol. The van der Waals surface area contributed by atoms with Gasteiger partial charge in [-0.25, -0.2) is 0 Å². The van der Waals surface area contributed by atoms with Crippen molar-refractivity contribution in [2.45, 2.75) is 25.4 Å². The molecule has 1 atom stereocenters. The first kappa shape index (κ1) is 32.1. The summed E-state index contributed by atoms with van der Waals surface area (Å²) in [5.41, 5.74) is 18.3. The topological polar surface area (TPSA) is 42.5 Å². The fourth-order valence-corrected chi connectivity index (χ4v) is 9.68. The number of hydrogen-bond donors (Lipinski definition) is 1. The third-order valence-electron chi connectivity index (χ3n) is 12.5. The van der Waals surface area contributed by atoms with E-state index in [0.717, 1.165) is 66.8 Å². The Morgan fingerprint density at radius 2 is 1.23 bits per heavy atom. The van der Waals surface area contributed by atoms with E-state index in [1.165, 1.54) is 44.1 Å². The number of nitrogens with one attached hydrogen (secondary N) is 1. The molecule has 0 bridgehead atoms. The molecule has 0 radical (unpaired) electrons. The van der Waals surface area contributed by atoms with Crippen LogP contribution >= 0.6 is 0 Å². The number of nitrogens with zero attached hydrogens (tertiary/aromatic N) is 2. The van der Waals surface area contributed by atoms with Crippen molar-refractivity contribution in [2.24, 2.45) is 4.99 Å². The monoisotopic (exact) mass is 731 g/mol. The van der Waals surface area contributed by atoms with Crippen LogP contribution in [0.2, 0.25) is 0 Å². The molecule has 3 heterocycles. The molecule has 1 aliphatic carbocycles. The predicted octanol–water partition coefficient (Wildman–Crippen LogP) is 13.6. The summed E-state index contributed by atoms with van der Waals surface area (Å²) in [6.07, 6.45) is -0.247. The van der Waals surface area contributed by atoms with Gasteiger partial charge in [0.1, 0.15) is 17.3 Å². The van der Waals surface area contributed by atoms with E-state index in [2.05, 4.69) is 188 Å². The average Bonchev–Trinajstić information content (AvgIpc) is 3.89. The summed E-state index contributed by atoms with van der Waals surface area (Å²) in [6, 6.07) is 63.3. The van der Waals surface area contributed by atoms with Crippen LogP contribution in [0.25, 0.3) is 71.7 Å². The predicted molar refractivity (Wildman–Crippen MR) is 236 cm³/mol. The molecule has 8 aromatic carbocycles. The third-order valence-corrected chi connectivity index (χ3v) is 12.5. The number of anilines is 1. The number of para-hydroxylation sites is 4. The number of furan rings is 1. The molecule has 0 saturated heterocycles. The normalized spacial score (nSPS) is 15.4. The number of benzene rings is 8. The van der Waals surface area contributed by atoms with Crippen LogP contribution in [-0.2, 0) is 5.41 Å². The molecule has 0 spiro atoms. The molecule has 1 aliphatic heterocycles. The van der Waals surface area contributed by atoms with E-state index in [-0.39, 0.29) is 11.6 Å². The Balaban J connectivity index is 0.947. The highest BCUT2D eigenvalue weighted by Gasteiger charge is 2.37. The Bertz CT molecular complexity index is 3290. The van der Waals surface area contributed by atoms with Gasteiger partial charge in [-0.05, 0) is 58.1 Å². The first-order valence-corrected chi connectivity index (χ1v) is 19.7. The third kappa shape index (κ3) is 4.65. The lowest BCUT2D eigenvalue weighted by atomic mass is 9.82. The second-order valence-corrected chi connectivity index (χ2v) is 15.9. The zero-order valence-electron chi connectivity index (χ0n) is 31.6. The van der Waals surface area contributed by atoms with Gasteiger partial charge in [0.05, 0.1) is 16.7 Å². The average molecular weight is 732 g/mol. The molecule has 12 rings (SSSR count). The standard InChI is InChI=1S/C53H37N3O/c1-53(2)43-18-7-3-14-41(43)48-44(53)31-30-39-37-12-5-9-20-46(37)56(50(39)48)35-28-26-34(27-29-35)52-54-45-19-8-4-15-42(45)49(55-52)33-24-22-32(23-25-33)36-16-11-17-40-38-13-6-10-21-47(38)57-51(36)40/h3-31,52,54H,1-2H3. The minimum Gasteiger partial charge on any atom is -0.455 e. The Labute approximate surface area is 330 Å². The number of aliphatic imine (C=N–C) groups is 1. The maximum atomic E-state index is 6.38.